The van der Waals surface area contributed by atoms with E-state index in [9.17, 15) is 8.78 Å². The summed E-state index contributed by atoms with van der Waals surface area (Å²) in [6.07, 6.45) is -2.07. The monoisotopic (exact) mass is 365 g/mol. The number of nitrogens with zero attached hydrogens (tertiary/aromatic N) is 1. The van der Waals surface area contributed by atoms with Crippen molar-refractivity contribution in [3.05, 3.63) is 23.8 Å². The lowest BCUT2D eigenvalue weighted by molar-refractivity contribution is -0.286. The first-order chi connectivity index (χ1) is 9.46. The molecule has 0 bridgehead atoms. The third kappa shape index (κ3) is 3.15. The Balaban J connectivity index is 0.000000328. The largest absolute Gasteiger partial charge is 0.586 e. The molecule has 0 atom stereocenters. The predicted octanol–water partition coefficient (Wildman–Crippen LogP) is 4.18. The van der Waals surface area contributed by atoms with Crippen molar-refractivity contribution in [1.29, 1.82) is 5.26 Å². The Hall–Kier alpha value is -1.06. The number of halogens is 4. The van der Waals surface area contributed by atoms with Crippen LogP contribution in [0, 0.1) is 11.3 Å². The standard InChI is InChI=1S/C11H7F2NO2.C2H4BrCl/c12-11(13)15-8-2-1-7(5-9(8)16-11)10(6-14)3-4-10;3-1-2-4/h1-2,5H,3-4H2;1-2H2. The Bertz CT molecular complexity index is 542. The van der Waals surface area contributed by atoms with Crippen molar-refractivity contribution in [2.45, 2.75) is 24.6 Å². The van der Waals surface area contributed by atoms with Crippen LogP contribution < -0.4 is 9.47 Å². The molecule has 1 fully saturated rings. The van der Waals surface area contributed by atoms with Gasteiger partial charge in [-0.3, -0.25) is 0 Å². The zero-order valence-electron chi connectivity index (χ0n) is 10.3. The van der Waals surface area contributed by atoms with Crippen LogP contribution in [0.3, 0.4) is 0 Å². The predicted molar refractivity (Wildman–Crippen MR) is 73.7 cm³/mol. The Kier molecular flexibility index (Phi) is 4.40. The van der Waals surface area contributed by atoms with E-state index in [2.05, 4.69) is 31.5 Å². The molecule has 7 heteroatoms. The zero-order valence-corrected chi connectivity index (χ0v) is 12.7. The number of rotatable bonds is 2. The van der Waals surface area contributed by atoms with Gasteiger partial charge < -0.3 is 9.47 Å². The molecule has 3 nitrogen and oxygen atoms in total. The van der Waals surface area contributed by atoms with Crippen molar-refractivity contribution in [3.63, 3.8) is 0 Å². The molecule has 0 N–H and O–H groups in total. The molecule has 0 radical (unpaired) electrons. The topological polar surface area (TPSA) is 42.2 Å². The molecule has 3 rings (SSSR count). The third-order valence-electron chi connectivity index (χ3n) is 2.99. The zero-order chi connectivity index (χ0) is 14.8. The highest BCUT2D eigenvalue weighted by molar-refractivity contribution is 9.09. The van der Waals surface area contributed by atoms with Crippen molar-refractivity contribution in [1.82, 2.24) is 0 Å². The molecule has 1 aromatic rings. The second-order valence-electron chi connectivity index (χ2n) is 4.40. The third-order valence-corrected chi connectivity index (χ3v) is 4.03. The van der Waals surface area contributed by atoms with E-state index in [1.54, 1.807) is 6.07 Å². The number of fused-ring (bicyclic) bond motifs is 1. The molecular formula is C13H11BrClF2NO2. The molecule has 108 valence electrons. The average Bonchev–Trinajstić information content (AvgIpc) is 3.15. The summed E-state index contributed by atoms with van der Waals surface area (Å²) in [5.74, 6) is 0.728. The molecule has 20 heavy (non-hydrogen) atoms. The average molecular weight is 367 g/mol. The highest BCUT2D eigenvalue weighted by Gasteiger charge is 2.48. The van der Waals surface area contributed by atoms with Gasteiger partial charge in [0.25, 0.3) is 0 Å². The second-order valence-corrected chi connectivity index (χ2v) is 5.57. The number of hydrogen-bond acceptors (Lipinski definition) is 3. The van der Waals surface area contributed by atoms with Crippen LogP contribution in [0.2, 0.25) is 0 Å². The van der Waals surface area contributed by atoms with E-state index in [1.807, 2.05) is 0 Å². The minimum absolute atomic E-state index is 0.00373. The summed E-state index contributed by atoms with van der Waals surface area (Å²) in [4.78, 5) is 0. The molecule has 0 unspecified atom stereocenters. The van der Waals surface area contributed by atoms with Crippen LogP contribution in [0.1, 0.15) is 18.4 Å². The van der Waals surface area contributed by atoms with Crippen LogP contribution in [0.5, 0.6) is 11.5 Å². The lowest BCUT2D eigenvalue weighted by Crippen LogP contribution is -2.25. The molecule has 1 aliphatic carbocycles. The summed E-state index contributed by atoms with van der Waals surface area (Å²) < 4.78 is 34.1. The van der Waals surface area contributed by atoms with Gasteiger partial charge >= 0.3 is 6.29 Å². The van der Waals surface area contributed by atoms with Crippen molar-refractivity contribution in [2.24, 2.45) is 0 Å². The Labute approximate surface area is 128 Å². The lowest BCUT2D eigenvalue weighted by Gasteiger charge is -2.06. The van der Waals surface area contributed by atoms with Gasteiger partial charge in [0.15, 0.2) is 11.5 Å². The number of ether oxygens (including phenoxy) is 2. The molecule has 2 aliphatic rings. The van der Waals surface area contributed by atoms with E-state index in [1.165, 1.54) is 12.1 Å². The van der Waals surface area contributed by atoms with Crippen molar-refractivity contribution >= 4 is 27.5 Å². The minimum atomic E-state index is -3.59. The van der Waals surface area contributed by atoms with Crippen molar-refractivity contribution < 1.29 is 18.3 Å². The quantitative estimate of drug-likeness (QED) is 0.737. The van der Waals surface area contributed by atoms with Gasteiger partial charge in [-0.1, -0.05) is 22.0 Å². The molecule has 0 saturated heterocycles. The summed E-state index contributed by atoms with van der Waals surface area (Å²) in [7, 11) is 0. The second kappa shape index (κ2) is 5.74. The summed E-state index contributed by atoms with van der Waals surface area (Å²) in [5.41, 5.74) is 0.214. The molecule has 1 heterocycles. The first-order valence-electron chi connectivity index (χ1n) is 5.90. The fraction of sp³-hybridized carbons (Fsp3) is 0.462. The maximum absolute atomic E-state index is 12.8. The van der Waals surface area contributed by atoms with Crippen molar-refractivity contribution in [2.75, 3.05) is 11.2 Å². The fourth-order valence-electron chi connectivity index (χ4n) is 1.84. The van der Waals surface area contributed by atoms with Crippen LogP contribution in [0.15, 0.2) is 18.2 Å². The van der Waals surface area contributed by atoms with E-state index >= 15 is 0 Å². The lowest BCUT2D eigenvalue weighted by atomic mass is 9.97. The van der Waals surface area contributed by atoms with Crippen LogP contribution in [0.4, 0.5) is 8.78 Å². The van der Waals surface area contributed by atoms with Gasteiger partial charge in [0.05, 0.1) is 11.5 Å². The van der Waals surface area contributed by atoms with E-state index in [0.717, 1.165) is 23.7 Å². The molecule has 0 aromatic heterocycles. The smallest absolute Gasteiger partial charge is 0.395 e. The SMILES string of the molecule is ClCCBr.N#CC1(c2ccc3c(c2)OC(F)(F)O3)CC1. The van der Waals surface area contributed by atoms with Gasteiger partial charge in [0.1, 0.15) is 0 Å². The summed E-state index contributed by atoms with van der Waals surface area (Å²) in [6, 6.07) is 6.72. The van der Waals surface area contributed by atoms with E-state index in [0.29, 0.717) is 5.88 Å². The molecule has 1 aromatic carbocycles. The fourth-order valence-corrected chi connectivity index (χ4v) is 1.84. The highest BCUT2D eigenvalue weighted by atomic mass is 79.9. The van der Waals surface area contributed by atoms with Crippen LogP contribution >= 0.6 is 27.5 Å². The number of benzene rings is 1. The van der Waals surface area contributed by atoms with Crippen molar-refractivity contribution in [3.8, 4) is 17.6 Å². The van der Waals surface area contributed by atoms with Crippen LogP contribution in [-0.4, -0.2) is 17.5 Å². The van der Waals surface area contributed by atoms with Crippen LogP contribution in [-0.2, 0) is 5.41 Å². The number of hydrogen-bond donors (Lipinski definition) is 0. The van der Waals surface area contributed by atoms with Crippen LogP contribution in [0.25, 0.3) is 0 Å². The molecule has 0 spiro atoms. The Morgan fingerprint density at radius 2 is 1.90 bits per heavy atom. The normalized spacial score (nSPS) is 19.6. The number of alkyl halides is 4. The summed E-state index contributed by atoms with van der Waals surface area (Å²) in [5, 5.41) is 9.89. The highest BCUT2D eigenvalue weighted by Crippen LogP contribution is 2.51. The molecule has 1 aliphatic heterocycles. The van der Waals surface area contributed by atoms with Gasteiger partial charge in [-0.25, -0.2) is 0 Å². The first kappa shape index (κ1) is 15.3. The molecule has 1 saturated carbocycles. The Morgan fingerprint density at radius 3 is 2.40 bits per heavy atom. The maximum Gasteiger partial charge on any atom is 0.586 e. The van der Waals surface area contributed by atoms with E-state index < -0.39 is 11.7 Å². The van der Waals surface area contributed by atoms with E-state index in [-0.39, 0.29) is 11.5 Å². The van der Waals surface area contributed by atoms with Gasteiger partial charge in [-0.05, 0) is 30.5 Å². The first-order valence-corrected chi connectivity index (χ1v) is 7.55. The maximum atomic E-state index is 12.8. The van der Waals surface area contributed by atoms with E-state index in [4.69, 9.17) is 16.9 Å². The summed E-state index contributed by atoms with van der Waals surface area (Å²) in [6.45, 7) is 0. The minimum Gasteiger partial charge on any atom is -0.395 e. The van der Waals surface area contributed by atoms with Gasteiger partial charge in [-0.15, -0.1) is 20.4 Å². The molecule has 0 amide bonds. The van der Waals surface area contributed by atoms with Gasteiger partial charge in [0.2, 0.25) is 0 Å². The molecular weight excluding hydrogens is 356 g/mol. The Morgan fingerprint density at radius 1 is 1.30 bits per heavy atom. The number of nitriles is 1. The van der Waals surface area contributed by atoms with Gasteiger partial charge in [-0.2, -0.15) is 5.26 Å². The summed E-state index contributed by atoms with van der Waals surface area (Å²) >= 11 is 8.26. The van der Waals surface area contributed by atoms with Gasteiger partial charge in [0, 0.05) is 11.2 Å².